The van der Waals surface area contributed by atoms with Crippen LogP contribution in [-0.4, -0.2) is 66.0 Å². The van der Waals surface area contributed by atoms with Crippen molar-refractivity contribution in [3.63, 3.8) is 0 Å². The van der Waals surface area contributed by atoms with Gasteiger partial charge >= 0.3 is 12.1 Å². The van der Waals surface area contributed by atoms with E-state index in [4.69, 9.17) is 9.47 Å². The summed E-state index contributed by atoms with van der Waals surface area (Å²) in [6.07, 6.45) is -0.464. The Morgan fingerprint density at radius 2 is 1.80 bits per heavy atom. The third-order valence-electron chi connectivity index (χ3n) is 7.49. The largest absolute Gasteiger partial charge is 0.472 e. The van der Waals surface area contributed by atoms with E-state index in [-0.39, 0.29) is 55.4 Å². The van der Waals surface area contributed by atoms with Gasteiger partial charge in [-0.1, -0.05) is 33.1 Å². The van der Waals surface area contributed by atoms with Crippen molar-refractivity contribution in [2.75, 3.05) is 24.6 Å². The zero-order chi connectivity index (χ0) is 30.5. The van der Waals surface area contributed by atoms with Crippen LogP contribution in [0.15, 0.2) is 12.1 Å². The Hall–Kier alpha value is -3.31. The van der Waals surface area contributed by atoms with E-state index in [1.165, 1.54) is 16.7 Å². The van der Waals surface area contributed by atoms with Gasteiger partial charge in [-0.3, -0.25) is 19.2 Å². The monoisotopic (exact) mass is 583 g/mol. The van der Waals surface area contributed by atoms with Crippen LogP contribution in [0.5, 0.6) is 5.75 Å². The van der Waals surface area contributed by atoms with E-state index in [1.54, 1.807) is 27.7 Å². The van der Waals surface area contributed by atoms with Gasteiger partial charge in [-0.05, 0) is 45.7 Å². The summed E-state index contributed by atoms with van der Waals surface area (Å²) in [5, 5.41) is 2.65. The molecule has 1 aliphatic heterocycles. The van der Waals surface area contributed by atoms with Crippen LogP contribution in [0.2, 0.25) is 0 Å². The molecule has 0 saturated heterocycles. The third kappa shape index (κ3) is 7.32. The number of rotatable bonds is 10. The van der Waals surface area contributed by atoms with E-state index in [1.807, 2.05) is 0 Å². The molecule has 3 amide bonds. The van der Waals surface area contributed by atoms with Crippen molar-refractivity contribution >= 4 is 29.4 Å². The van der Waals surface area contributed by atoms with Gasteiger partial charge in [0.2, 0.25) is 11.5 Å². The topological polar surface area (TPSA) is 105 Å². The Balaban J connectivity index is 2.13. The number of nitrogens with zero attached hydrogens (tertiary/aromatic N) is 2. The second kappa shape index (κ2) is 13.1. The highest BCUT2D eigenvalue weighted by atomic mass is 19.4. The summed E-state index contributed by atoms with van der Waals surface area (Å²) in [5.41, 5.74) is -3.60. The van der Waals surface area contributed by atoms with Crippen LogP contribution < -0.4 is 15.0 Å². The molecule has 0 spiro atoms. The van der Waals surface area contributed by atoms with Gasteiger partial charge in [0, 0.05) is 38.0 Å². The summed E-state index contributed by atoms with van der Waals surface area (Å²) < 4.78 is 54.3. The second-order valence-corrected chi connectivity index (χ2v) is 11.0. The highest BCUT2D eigenvalue weighted by Crippen LogP contribution is 2.44. The lowest BCUT2D eigenvalue weighted by Crippen LogP contribution is -2.58. The molecule has 1 aromatic carbocycles. The van der Waals surface area contributed by atoms with E-state index < -0.39 is 47.3 Å². The first-order valence-corrected chi connectivity index (χ1v) is 14.2. The highest BCUT2D eigenvalue weighted by molar-refractivity contribution is 6.05. The first-order chi connectivity index (χ1) is 19.2. The molecule has 228 valence electrons. The Kier molecular flexibility index (Phi) is 10.3. The molecule has 1 atom stereocenters. The van der Waals surface area contributed by atoms with Gasteiger partial charge < -0.3 is 24.6 Å². The number of halogens is 3. The zero-order valence-electron chi connectivity index (χ0n) is 24.4. The predicted molar refractivity (Wildman–Crippen MR) is 146 cm³/mol. The van der Waals surface area contributed by atoms with Gasteiger partial charge in [0.15, 0.2) is 0 Å². The molecule has 9 nitrogen and oxygen atoms in total. The quantitative estimate of drug-likeness (QED) is 0.395. The minimum atomic E-state index is -4.90. The number of fused-ring (bicyclic) bond motifs is 1. The van der Waals surface area contributed by atoms with Crippen molar-refractivity contribution in [2.24, 2.45) is 0 Å². The highest BCUT2D eigenvalue weighted by Gasteiger charge is 2.48. The lowest BCUT2D eigenvalue weighted by Gasteiger charge is -2.41. The minimum absolute atomic E-state index is 0.00712. The average Bonchev–Trinajstić information content (AvgIpc) is 2.93. The van der Waals surface area contributed by atoms with Gasteiger partial charge in [0.25, 0.3) is 11.8 Å². The number of alkyl halides is 3. The lowest BCUT2D eigenvalue weighted by molar-refractivity contribution is -0.154. The summed E-state index contributed by atoms with van der Waals surface area (Å²) in [7, 11) is 0. The normalized spacial score (nSPS) is 19.4. The molecule has 0 bridgehead atoms. The molecule has 3 rings (SSSR count). The number of carbonyl (C=O) groups is 4. The molecular weight excluding hydrogens is 543 g/mol. The maximum absolute atomic E-state index is 14.5. The van der Waals surface area contributed by atoms with Crippen LogP contribution in [-0.2, 0) is 25.3 Å². The number of benzene rings is 1. The van der Waals surface area contributed by atoms with Crippen LogP contribution in [0.3, 0.4) is 0 Å². The van der Waals surface area contributed by atoms with Gasteiger partial charge in [0.05, 0.1) is 16.8 Å². The van der Waals surface area contributed by atoms with Crippen LogP contribution in [0.25, 0.3) is 0 Å². The van der Waals surface area contributed by atoms with Gasteiger partial charge in [0.1, 0.15) is 12.4 Å². The zero-order valence-corrected chi connectivity index (χ0v) is 24.4. The summed E-state index contributed by atoms with van der Waals surface area (Å²) in [4.78, 5) is 53.9. The van der Waals surface area contributed by atoms with Gasteiger partial charge in [-0.15, -0.1) is 0 Å². The van der Waals surface area contributed by atoms with Crippen molar-refractivity contribution in [3.8, 4) is 5.75 Å². The van der Waals surface area contributed by atoms with Crippen molar-refractivity contribution in [1.29, 1.82) is 0 Å². The number of hydrogen-bond acceptors (Lipinski definition) is 6. The van der Waals surface area contributed by atoms with Crippen LogP contribution >= 0.6 is 0 Å². The molecule has 1 fully saturated rings. The molecular formula is C29H40F3N3O6. The molecule has 0 aromatic heterocycles. The van der Waals surface area contributed by atoms with Crippen molar-refractivity contribution < 1.29 is 41.8 Å². The maximum Gasteiger partial charge on any atom is 0.417 e. The van der Waals surface area contributed by atoms with Gasteiger partial charge in [-0.25, -0.2) is 0 Å². The Labute approximate surface area is 238 Å². The number of nitrogens with one attached hydrogen (secondary N) is 1. The molecule has 1 heterocycles. The van der Waals surface area contributed by atoms with Gasteiger partial charge in [-0.2, -0.15) is 13.2 Å². The lowest BCUT2D eigenvalue weighted by atomic mass is 9.92. The van der Waals surface area contributed by atoms with Crippen LogP contribution in [0.4, 0.5) is 18.9 Å². The fourth-order valence-corrected chi connectivity index (χ4v) is 5.34. The van der Waals surface area contributed by atoms with Crippen molar-refractivity contribution in [1.82, 2.24) is 10.2 Å². The minimum Gasteiger partial charge on any atom is -0.472 e. The van der Waals surface area contributed by atoms with E-state index in [0.29, 0.717) is 12.8 Å². The van der Waals surface area contributed by atoms with E-state index >= 15 is 0 Å². The predicted octanol–water partition coefficient (Wildman–Crippen LogP) is 4.85. The fraction of sp³-hybridized carbons (Fsp3) is 0.655. The average molecular weight is 584 g/mol. The molecule has 12 heteroatoms. The van der Waals surface area contributed by atoms with E-state index in [2.05, 4.69) is 5.32 Å². The van der Waals surface area contributed by atoms with Crippen LogP contribution in [0.1, 0.15) is 95.5 Å². The number of hydrogen-bond donors (Lipinski definition) is 1. The second-order valence-electron chi connectivity index (χ2n) is 11.0. The molecule has 1 saturated carbocycles. The number of amides is 3. The standard InChI is InChI=1S/C29H40F3N3O6/c1-6-24(36)33-13-14-34-22-15-20(26(38)35(18(3)4)19-11-9-8-10-12-19)21(29(30,31)32)16-23(22)41-28(5,27(34)39)17-40-25(37)7-2/h15-16,18-19H,6-14,17H2,1-5H3,(H,33,36). The van der Waals surface area contributed by atoms with Crippen LogP contribution in [0, 0.1) is 0 Å². The molecule has 1 N–H and O–H groups in total. The first kappa shape index (κ1) is 32.2. The Morgan fingerprint density at radius 3 is 2.37 bits per heavy atom. The SMILES string of the molecule is CCC(=O)NCCN1C(=O)C(C)(COC(=O)CC)Oc2cc(C(F)(F)F)c(C(=O)N(C(C)C)C3CCCCC3)cc21. The molecule has 0 radical (unpaired) electrons. The number of esters is 1. The summed E-state index contributed by atoms with van der Waals surface area (Å²) in [6.45, 7) is 7.48. The number of ether oxygens (including phenoxy) is 2. The number of carbonyl (C=O) groups excluding carboxylic acids is 4. The Bertz CT molecular complexity index is 1150. The molecule has 1 aliphatic carbocycles. The van der Waals surface area contributed by atoms with E-state index in [0.717, 1.165) is 31.4 Å². The molecule has 41 heavy (non-hydrogen) atoms. The third-order valence-corrected chi connectivity index (χ3v) is 7.49. The molecule has 1 aromatic rings. The van der Waals surface area contributed by atoms with E-state index in [9.17, 15) is 32.3 Å². The van der Waals surface area contributed by atoms with Crippen molar-refractivity contribution in [3.05, 3.63) is 23.3 Å². The maximum atomic E-state index is 14.5. The smallest absolute Gasteiger partial charge is 0.417 e. The molecule has 2 aliphatic rings. The fourth-order valence-electron chi connectivity index (χ4n) is 5.34. The summed E-state index contributed by atoms with van der Waals surface area (Å²) in [5.74, 6) is -2.60. The van der Waals surface area contributed by atoms with Crippen molar-refractivity contribution in [2.45, 2.75) is 103 Å². The summed E-state index contributed by atoms with van der Waals surface area (Å²) >= 11 is 0. The number of anilines is 1. The first-order valence-electron chi connectivity index (χ1n) is 14.2. The summed E-state index contributed by atoms with van der Waals surface area (Å²) in [6, 6.07) is 1.27. The Morgan fingerprint density at radius 1 is 1.15 bits per heavy atom. The molecule has 1 unspecified atom stereocenters.